The van der Waals surface area contributed by atoms with E-state index in [0.29, 0.717) is 24.4 Å². The number of hydrogen-bond acceptors (Lipinski definition) is 4. The summed E-state index contributed by atoms with van der Waals surface area (Å²) >= 11 is 0. The third-order valence-corrected chi connectivity index (χ3v) is 2.63. The van der Waals surface area contributed by atoms with Gasteiger partial charge in [0.05, 0.1) is 25.8 Å². The van der Waals surface area contributed by atoms with E-state index in [1.807, 2.05) is 0 Å². The summed E-state index contributed by atoms with van der Waals surface area (Å²) in [6.45, 7) is 1.17. The summed E-state index contributed by atoms with van der Waals surface area (Å²) in [5, 5.41) is 14.2. The molecule has 1 aromatic carbocycles. The van der Waals surface area contributed by atoms with E-state index in [9.17, 15) is 4.79 Å². The number of carboxylic acids is 1. The number of fused-ring (bicyclic) bond motifs is 1. The first kappa shape index (κ1) is 12.4. The zero-order chi connectivity index (χ0) is 13.1. The van der Waals surface area contributed by atoms with Gasteiger partial charge in [-0.2, -0.15) is 5.10 Å². The Morgan fingerprint density at radius 1 is 1.44 bits per heavy atom. The van der Waals surface area contributed by atoms with Crippen molar-refractivity contribution in [3.63, 3.8) is 0 Å². The number of carbonyl (C=O) groups is 1. The van der Waals surface area contributed by atoms with Gasteiger partial charge in [-0.25, -0.2) is 4.79 Å². The molecule has 0 atom stereocenters. The molecule has 1 N–H and O–H groups in total. The normalized spacial score (nSPS) is 10.8. The molecule has 2 rings (SSSR count). The fourth-order valence-corrected chi connectivity index (χ4v) is 1.74. The molecule has 1 aromatic heterocycles. The van der Waals surface area contributed by atoms with E-state index >= 15 is 0 Å². The van der Waals surface area contributed by atoms with Crippen LogP contribution in [0.2, 0.25) is 0 Å². The number of carboxylic acid groups (broad SMARTS) is 1. The Morgan fingerprint density at radius 3 is 2.83 bits per heavy atom. The minimum atomic E-state index is -1.02. The highest BCUT2D eigenvalue weighted by Gasteiger charge is 2.14. The number of ether oxygens (including phenoxy) is 2. The quantitative estimate of drug-likeness (QED) is 0.868. The number of aromatic carboxylic acids is 1. The molecular formula is C12H14N2O4. The lowest BCUT2D eigenvalue weighted by molar-refractivity contribution is 0.0693. The molecular weight excluding hydrogens is 236 g/mol. The van der Waals surface area contributed by atoms with Crippen molar-refractivity contribution in [2.45, 2.75) is 6.54 Å². The molecule has 0 aliphatic heterocycles. The number of rotatable bonds is 5. The van der Waals surface area contributed by atoms with Crippen LogP contribution in [0.3, 0.4) is 0 Å². The van der Waals surface area contributed by atoms with Crippen molar-refractivity contribution in [3.05, 3.63) is 23.9 Å². The van der Waals surface area contributed by atoms with Crippen molar-refractivity contribution in [1.29, 1.82) is 0 Å². The van der Waals surface area contributed by atoms with Crippen LogP contribution in [0, 0.1) is 0 Å². The lowest BCUT2D eigenvalue weighted by Gasteiger charge is -2.03. The standard InChI is InChI=1S/C12H14N2O4/c1-17-4-3-14-7-8-5-9(12(15)16)11(18-2)6-10(8)13-14/h5-7H,3-4H2,1-2H3,(H,15,16). The molecule has 0 bridgehead atoms. The fraction of sp³-hybridized carbons (Fsp3) is 0.333. The summed E-state index contributed by atoms with van der Waals surface area (Å²) in [4.78, 5) is 11.1. The number of nitrogens with zero attached hydrogens (tertiary/aromatic N) is 2. The van der Waals surface area contributed by atoms with Gasteiger partial charge in [0.1, 0.15) is 11.3 Å². The van der Waals surface area contributed by atoms with Crippen molar-refractivity contribution >= 4 is 16.9 Å². The SMILES string of the molecule is COCCn1cc2cc(C(=O)O)c(OC)cc2n1. The van der Waals surface area contributed by atoms with Crippen molar-refractivity contribution in [1.82, 2.24) is 9.78 Å². The van der Waals surface area contributed by atoms with E-state index in [4.69, 9.17) is 14.6 Å². The summed E-state index contributed by atoms with van der Waals surface area (Å²) in [6.07, 6.45) is 1.79. The monoisotopic (exact) mass is 250 g/mol. The first-order valence-corrected chi connectivity index (χ1v) is 5.43. The molecule has 0 saturated carbocycles. The average molecular weight is 250 g/mol. The second kappa shape index (κ2) is 5.05. The van der Waals surface area contributed by atoms with Crippen LogP contribution in [0.4, 0.5) is 0 Å². The lowest BCUT2D eigenvalue weighted by atomic mass is 10.1. The van der Waals surface area contributed by atoms with Crippen LogP contribution in [0.1, 0.15) is 10.4 Å². The van der Waals surface area contributed by atoms with Crippen molar-refractivity contribution in [2.75, 3.05) is 20.8 Å². The second-order valence-electron chi connectivity index (χ2n) is 3.80. The summed E-state index contributed by atoms with van der Waals surface area (Å²) in [7, 11) is 3.06. The Bertz CT molecular complexity index is 577. The molecule has 0 radical (unpaired) electrons. The predicted octanol–water partition coefficient (Wildman–Crippen LogP) is 1.39. The van der Waals surface area contributed by atoms with Crippen molar-refractivity contribution < 1.29 is 19.4 Å². The highest BCUT2D eigenvalue weighted by molar-refractivity contribution is 5.96. The molecule has 0 spiro atoms. The van der Waals surface area contributed by atoms with Crippen LogP contribution >= 0.6 is 0 Å². The molecule has 6 heteroatoms. The topological polar surface area (TPSA) is 73.6 Å². The summed E-state index contributed by atoms with van der Waals surface area (Å²) in [5.74, 6) is -0.703. The smallest absolute Gasteiger partial charge is 0.339 e. The number of hydrogen-bond donors (Lipinski definition) is 1. The summed E-state index contributed by atoms with van der Waals surface area (Å²) < 4.78 is 11.7. The van der Waals surface area contributed by atoms with Crippen LogP contribution in [-0.4, -0.2) is 41.7 Å². The van der Waals surface area contributed by atoms with Gasteiger partial charge < -0.3 is 14.6 Å². The second-order valence-corrected chi connectivity index (χ2v) is 3.80. The van der Waals surface area contributed by atoms with Crippen molar-refractivity contribution in [2.24, 2.45) is 0 Å². The van der Waals surface area contributed by atoms with E-state index in [0.717, 1.165) is 5.39 Å². The third kappa shape index (κ3) is 2.28. The van der Waals surface area contributed by atoms with Crippen LogP contribution in [0.15, 0.2) is 18.3 Å². The number of methoxy groups -OCH3 is 2. The highest BCUT2D eigenvalue weighted by Crippen LogP contribution is 2.25. The van der Waals surface area contributed by atoms with E-state index in [-0.39, 0.29) is 5.56 Å². The minimum absolute atomic E-state index is 0.135. The molecule has 0 aliphatic rings. The molecule has 0 aliphatic carbocycles. The lowest BCUT2D eigenvalue weighted by Crippen LogP contribution is -2.03. The Labute approximate surface area is 104 Å². The van der Waals surface area contributed by atoms with E-state index in [1.54, 1.807) is 30.1 Å². The molecule has 0 unspecified atom stereocenters. The third-order valence-electron chi connectivity index (χ3n) is 2.63. The maximum atomic E-state index is 11.1. The van der Waals surface area contributed by atoms with Gasteiger partial charge in [-0.1, -0.05) is 0 Å². The van der Waals surface area contributed by atoms with Gasteiger partial charge in [0.25, 0.3) is 0 Å². The largest absolute Gasteiger partial charge is 0.496 e. The molecule has 1 heterocycles. The molecule has 2 aromatic rings. The predicted molar refractivity (Wildman–Crippen MR) is 65.1 cm³/mol. The van der Waals surface area contributed by atoms with Gasteiger partial charge in [-0.15, -0.1) is 0 Å². The van der Waals surface area contributed by atoms with Crippen molar-refractivity contribution in [3.8, 4) is 5.75 Å². The fourth-order valence-electron chi connectivity index (χ4n) is 1.74. The summed E-state index contributed by atoms with van der Waals surface area (Å²) in [5.41, 5.74) is 0.837. The highest BCUT2D eigenvalue weighted by atomic mass is 16.5. The first-order valence-electron chi connectivity index (χ1n) is 5.43. The van der Waals surface area contributed by atoms with Gasteiger partial charge in [-0.05, 0) is 6.07 Å². The van der Waals surface area contributed by atoms with Crippen LogP contribution in [0.25, 0.3) is 10.9 Å². The average Bonchev–Trinajstić information content (AvgIpc) is 2.76. The van der Waals surface area contributed by atoms with Gasteiger partial charge in [0.2, 0.25) is 0 Å². The van der Waals surface area contributed by atoms with E-state index < -0.39 is 5.97 Å². The summed E-state index contributed by atoms with van der Waals surface area (Å²) in [6, 6.07) is 3.19. The van der Waals surface area contributed by atoms with Gasteiger partial charge in [0, 0.05) is 24.8 Å². The molecule has 96 valence electrons. The Kier molecular flexibility index (Phi) is 3.47. The van der Waals surface area contributed by atoms with Crippen LogP contribution < -0.4 is 4.74 Å². The zero-order valence-corrected chi connectivity index (χ0v) is 10.2. The molecule has 18 heavy (non-hydrogen) atoms. The molecule has 0 amide bonds. The van der Waals surface area contributed by atoms with Gasteiger partial charge >= 0.3 is 5.97 Å². The van der Waals surface area contributed by atoms with Gasteiger partial charge in [-0.3, -0.25) is 4.68 Å². The number of aromatic nitrogens is 2. The zero-order valence-electron chi connectivity index (χ0n) is 10.2. The molecule has 0 saturated heterocycles. The Balaban J connectivity index is 2.46. The first-order chi connectivity index (χ1) is 8.65. The van der Waals surface area contributed by atoms with Crippen LogP contribution in [0.5, 0.6) is 5.75 Å². The Morgan fingerprint density at radius 2 is 2.22 bits per heavy atom. The molecule has 6 nitrogen and oxygen atoms in total. The van der Waals surface area contributed by atoms with E-state index in [2.05, 4.69) is 5.10 Å². The maximum absolute atomic E-state index is 11.1. The molecule has 0 fully saturated rings. The number of benzene rings is 1. The Hall–Kier alpha value is -2.08. The maximum Gasteiger partial charge on any atom is 0.339 e. The minimum Gasteiger partial charge on any atom is -0.496 e. The van der Waals surface area contributed by atoms with Gasteiger partial charge in [0.15, 0.2) is 0 Å². The van der Waals surface area contributed by atoms with E-state index in [1.165, 1.54) is 7.11 Å². The van der Waals surface area contributed by atoms with Crippen LogP contribution in [-0.2, 0) is 11.3 Å².